The standard InChI is InChI=1S/C17H21N3O2/c1-2-3-11-15(21)20-12-7-10-14(20)17-18-16(19-22-17)13-8-5-4-6-9-13/h4-6,8-9,14H,2-3,7,10-12H2,1H3. The van der Waals surface area contributed by atoms with Crippen molar-refractivity contribution in [3.05, 3.63) is 36.2 Å². The summed E-state index contributed by atoms with van der Waals surface area (Å²) in [6, 6.07) is 9.69. The lowest BCUT2D eigenvalue weighted by atomic mass is 10.2. The van der Waals surface area contributed by atoms with Gasteiger partial charge in [-0.25, -0.2) is 0 Å². The molecule has 1 unspecified atom stereocenters. The number of aromatic nitrogens is 2. The van der Waals surface area contributed by atoms with Crippen molar-refractivity contribution in [2.75, 3.05) is 6.54 Å². The van der Waals surface area contributed by atoms with Crippen LogP contribution in [0.2, 0.25) is 0 Å². The van der Waals surface area contributed by atoms with Crippen molar-refractivity contribution >= 4 is 5.91 Å². The summed E-state index contributed by atoms with van der Waals surface area (Å²) in [7, 11) is 0. The number of benzene rings is 1. The Hall–Kier alpha value is -2.17. The van der Waals surface area contributed by atoms with Crippen molar-refractivity contribution in [2.45, 2.75) is 45.1 Å². The van der Waals surface area contributed by atoms with Crippen LogP contribution in [-0.4, -0.2) is 27.5 Å². The molecule has 1 aliphatic heterocycles. The van der Waals surface area contributed by atoms with Gasteiger partial charge < -0.3 is 9.42 Å². The van der Waals surface area contributed by atoms with Crippen LogP contribution >= 0.6 is 0 Å². The smallest absolute Gasteiger partial charge is 0.249 e. The highest BCUT2D eigenvalue weighted by Gasteiger charge is 2.33. The Morgan fingerprint density at radius 3 is 2.95 bits per heavy atom. The molecule has 3 rings (SSSR count). The van der Waals surface area contributed by atoms with Gasteiger partial charge in [0.15, 0.2) is 0 Å². The van der Waals surface area contributed by atoms with E-state index in [4.69, 9.17) is 4.52 Å². The molecule has 1 fully saturated rings. The summed E-state index contributed by atoms with van der Waals surface area (Å²) >= 11 is 0. The summed E-state index contributed by atoms with van der Waals surface area (Å²) in [5, 5.41) is 4.06. The van der Waals surface area contributed by atoms with Crippen LogP contribution in [0.15, 0.2) is 34.9 Å². The monoisotopic (exact) mass is 299 g/mol. The second-order valence-corrected chi connectivity index (χ2v) is 5.67. The third kappa shape index (κ3) is 3.03. The zero-order valence-electron chi connectivity index (χ0n) is 12.9. The van der Waals surface area contributed by atoms with Gasteiger partial charge in [0.05, 0.1) is 0 Å². The molecule has 1 saturated heterocycles. The zero-order valence-corrected chi connectivity index (χ0v) is 12.9. The highest BCUT2D eigenvalue weighted by atomic mass is 16.5. The molecule has 5 nitrogen and oxygen atoms in total. The van der Waals surface area contributed by atoms with Gasteiger partial charge in [-0.3, -0.25) is 4.79 Å². The molecule has 1 aromatic carbocycles. The first-order valence-corrected chi connectivity index (χ1v) is 7.98. The van der Waals surface area contributed by atoms with Gasteiger partial charge in [-0.1, -0.05) is 48.8 Å². The lowest BCUT2D eigenvalue weighted by Crippen LogP contribution is -2.30. The second-order valence-electron chi connectivity index (χ2n) is 5.67. The molecule has 1 aromatic heterocycles. The van der Waals surface area contributed by atoms with E-state index in [-0.39, 0.29) is 11.9 Å². The SMILES string of the molecule is CCCCC(=O)N1CCCC1c1nc(-c2ccccc2)no1. The normalized spacial score (nSPS) is 17.9. The number of carbonyl (C=O) groups is 1. The molecule has 2 heterocycles. The molecule has 2 aromatic rings. The fourth-order valence-electron chi connectivity index (χ4n) is 2.87. The van der Waals surface area contributed by atoms with Crippen LogP contribution in [0.1, 0.15) is 51.0 Å². The number of rotatable bonds is 5. The second kappa shape index (κ2) is 6.73. The number of hydrogen-bond acceptors (Lipinski definition) is 4. The van der Waals surface area contributed by atoms with Crippen LogP contribution in [0, 0.1) is 0 Å². The lowest BCUT2D eigenvalue weighted by molar-refractivity contribution is -0.132. The first-order chi connectivity index (χ1) is 10.8. The minimum absolute atomic E-state index is 0.0608. The first kappa shape index (κ1) is 14.8. The van der Waals surface area contributed by atoms with E-state index in [1.807, 2.05) is 35.2 Å². The quantitative estimate of drug-likeness (QED) is 0.846. The predicted molar refractivity (Wildman–Crippen MR) is 82.9 cm³/mol. The molecule has 1 aliphatic rings. The van der Waals surface area contributed by atoms with Crippen LogP contribution < -0.4 is 0 Å². The van der Waals surface area contributed by atoms with E-state index in [1.54, 1.807) is 0 Å². The zero-order chi connectivity index (χ0) is 15.4. The highest BCUT2D eigenvalue weighted by Crippen LogP contribution is 2.32. The van der Waals surface area contributed by atoms with Crippen LogP contribution in [0.5, 0.6) is 0 Å². The fourth-order valence-corrected chi connectivity index (χ4v) is 2.87. The van der Waals surface area contributed by atoms with Crippen molar-refractivity contribution in [2.24, 2.45) is 0 Å². The number of unbranched alkanes of at least 4 members (excludes halogenated alkanes) is 1. The Kier molecular flexibility index (Phi) is 4.51. The van der Waals surface area contributed by atoms with Crippen molar-refractivity contribution in [1.29, 1.82) is 0 Å². The number of hydrogen-bond donors (Lipinski definition) is 0. The number of nitrogens with zero attached hydrogens (tertiary/aromatic N) is 3. The van der Waals surface area contributed by atoms with Gasteiger partial charge in [-0.15, -0.1) is 0 Å². The maximum absolute atomic E-state index is 12.3. The first-order valence-electron chi connectivity index (χ1n) is 7.98. The minimum atomic E-state index is -0.0608. The molecule has 0 bridgehead atoms. The topological polar surface area (TPSA) is 59.2 Å². The average Bonchev–Trinajstić information content (AvgIpc) is 3.22. The largest absolute Gasteiger partial charge is 0.337 e. The number of likely N-dealkylation sites (tertiary alicyclic amines) is 1. The predicted octanol–water partition coefficient (Wildman–Crippen LogP) is 3.59. The molecule has 22 heavy (non-hydrogen) atoms. The molecule has 0 saturated carbocycles. The summed E-state index contributed by atoms with van der Waals surface area (Å²) in [6.07, 6.45) is 4.46. The highest BCUT2D eigenvalue weighted by molar-refractivity contribution is 5.76. The third-order valence-electron chi connectivity index (χ3n) is 4.08. The van der Waals surface area contributed by atoms with E-state index in [1.165, 1.54) is 0 Å². The van der Waals surface area contributed by atoms with Gasteiger partial charge >= 0.3 is 0 Å². The van der Waals surface area contributed by atoms with Gasteiger partial charge in [-0.2, -0.15) is 4.98 Å². The van der Waals surface area contributed by atoms with Crippen LogP contribution in [0.4, 0.5) is 0 Å². The molecular formula is C17H21N3O2. The maximum atomic E-state index is 12.3. The van der Waals surface area contributed by atoms with Gasteiger partial charge in [0.1, 0.15) is 6.04 Å². The molecular weight excluding hydrogens is 278 g/mol. The van der Waals surface area contributed by atoms with Gasteiger partial charge in [0, 0.05) is 18.5 Å². The van der Waals surface area contributed by atoms with Crippen LogP contribution in [-0.2, 0) is 4.79 Å². The minimum Gasteiger partial charge on any atom is -0.337 e. The van der Waals surface area contributed by atoms with E-state index in [9.17, 15) is 4.79 Å². The summed E-state index contributed by atoms with van der Waals surface area (Å²) in [4.78, 5) is 18.7. The van der Waals surface area contributed by atoms with Gasteiger partial charge in [0.25, 0.3) is 0 Å². The Morgan fingerprint density at radius 1 is 1.36 bits per heavy atom. The Bertz CT molecular complexity index is 624. The van der Waals surface area contributed by atoms with Crippen LogP contribution in [0.25, 0.3) is 11.4 Å². The molecule has 0 aliphatic carbocycles. The van der Waals surface area contributed by atoms with Crippen molar-refractivity contribution in [3.8, 4) is 11.4 Å². The van der Waals surface area contributed by atoms with E-state index in [0.29, 0.717) is 18.1 Å². The van der Waals surface area contributed by atoms with Crippen molar-refractivity contribution < 1.29 is 9.32 Å². The summed E-state index contributed by atoms with van der Waals surface area (Å²) in [6.45, 7) is 2.88. The molecule has 1 amide bonds. The number of carbonyl (C=O) groups excluding carboxylic acids is 1. The summed E-state index contributed by atoms with van der Waals surface area (Å²) in [5.41, 5.74) is 0.930. The molecule has 1 atom stereocenters. The lowest BCUT2D eigenvalue weighted by Gasteiger charge is -2.21. The van der Waals surface area contributed by atoms with E-state index in [2.05, 4.69) is 17.1 Å². The average molecular weight is 299 g/mol. The van der Waals surface area contributed by atoms with E-state index >= 15 is 0 Å². The van der Waals surface area contributed by atoms with Crippen molar-refractivity contribution in [3.63, 3.8) is 0 Å². The molecule has 0 spiro atoms. The van der Waals surface area contributed by atoms with Crippen LogP contribution in [0.3, 0.4) is 0 Å². The van der Waals surface area contributed by atoms with E-state index < -0.39 is 0 Å². The molecule has 5 heteroatoms. The van der Waals surface area contributed by atoms with Crippen molar-refractivity contribution in [1.82, 2.24) is 15.0 Å². The Morgan fingerprint density at radius 2 is 2.18 bits per heavy atom. The third-order valence-corrected chi connectivity index (χ3v) is 4.08. The summed E-state index contributed by atoms with van der Waals surface area (Å²) in [5.74, 6) is 1.34. The van der Waals surface area contributed by atoms with Gasteiger partial charge in [0.2, 0.25) is 17.6 Å². The van der Waals surface area contributed by atoms with Gasteiger partial charge in [-0.05, 0) is 19.3 Å². The maximum Gasteiger partial charge on any atom is 0.249 e. The number of amides is 1. The van der Waals surface area contributed by atoms with E-state index in [0.717, 1.165) is 37.8 Å². The molecule has 0 N–H and O–H groups in total. The summed E-state index contributed by atoms with van der Waals surface area (Å²) < 4.78 is 5.43. The molecule has 116 valence electrons. The molecule has 0 radical (unpaired) electrons. The Labute approximate surface area is 130 Å². The fraction of sp³-hybridized carbons (Fsp3) is 0.471. The Balaban J connectivity index is 1.76.